The van der Waals surface area contributed by atoms with Crippen LogP contribution >= 0.6 is 12.6 Å². The summed E-state index contributed by atoms with van der Waals surface area (Å²) in [6, 6.07) is 2.10. The Morgan fingerprint density at radius 3 is 2.86 bits per heavy atom. The first-order chi connectivity index (χ1) is 13.5. The zero-order chi connectivity index (χ0) is 20.1. The maximum absolute atomic E-state index is 12.2. The van der Waals surface area contributed by atoms with Gasteiger partial charge in [0.05, 0.1) is 7.11 Å². The highest BCUT2D eigenvalue weighted by Crippen LogP contribution is 2.29. The summed E-state index contributed by atoms with van der Waals surface area (Å²) >= 11 is 4.76. The minimum atomic E-state index is -0.371. The molecule has 2 fully saturated rings. The molecule has 7 heteroatoms. The molecule has 2 heterocycles. The van der Waals surface area contributed by atoms with Gasteiger partial charge in [-0.1, -0.05) is 12.8 Å². The maximum atomic E-state index is 12.2. The number of piperidine rings is 1. The van der Waals surface area contributed by atoms with E-state index in [1.807, 2.05) is 13.0 Å². The fraction of sp³-hybridized carbons (Fsp3) is 0.714. The summed E-state index contributed by atoms with van der Waals surface area (Å²) in [5.74, 6) is 0.990. The van der Waals surface area contributed by atoms with E-state index >= 15 is 0 Å². The van der Waals surface area contributed by atoms with Gasteiger partial charge in [0, 0.05) is 43.1 Å². The summed E-state index contributed by atoms with van der Waals surface area (Å²) in [6.45, 7) is 4.45. The van der Waals surface area contributed by atoms with Gasteiger partial charge in [-0.25, -0.2) is 9.78 Å². The number of esters is 1. The predicted octanol–water partition coefficient (Wildman–Crippen LogP) is 2.44. The number of nitrogens with one attached hydrogen (secondary N) is 1. The van der Waals surface area contributed by atoms with Gasteiger partial charge in [-0.2, -0.15) is 12.6 Å². The highest BCUT2D eigenvalue weighted by Gasteiger charge is 2.32. The zero-order valence-electron chi connectivity index (χ0n) is 16.9. The van der Waals surface area contributed by atoms with E-state index in [-0.39, 0.29) is 24.5 Å². The molecule has 28 heavy (non-hydrogen) atoms. The Hall–Kier alpha value is -1.31. The molecule has 4 unspecified atom stereocenters. The number of rotatable bonds is 6. The van der Waals surface area contributed by atoms with Crippen LogP contribution in [0.25, 0.3) is 0 Å². The highest BCUT2D eigenvalue weighted by molar-refractivity contribution is 7.81. The Labute approximate surface area is 173 Å². The second-order valence-electron chi connectivity index (χ2n) is 8.18. The van der Waals surface area contributed by atoms with Crippen LogP contribution in [0.2, 0.25) is 0 Å². The molecule has 6 nitrogen and oxygen atoms in total. The average Bonchev–Trinajstić information content (AvgIpc) is 2.72. The van der Waals surface area contributed by atoms with Gasteiger partial charge in [0.25, 0.3) is 0 Å². The molecule has 1 aromatic heterocycles. The van der Waals surface area contributed by atoms with E-state index in [1.54, 1.807) is 6.20 Å². The molecule has 1 aromatic rings. The van der Waals surface area contributed by atoms with E-state index < -0.39 is 0 Å². The largest absolute Gasteiger partial charge is 0.465 e. The van der Waals surface area contributed by atoms with Crippen molar-refractivity contribution in [3.63, 3.8) is 0 Å². The number of carbonyl (C=O) groups is 1. The Kier molecular flexibility index (Phi) is 7.60. The summed E-state index contributed by atoms with van der Waals surface area (Å²) in [5.41, 5.74) is 1.42. The quantitative estimate of drug-likeness (QED) is 0.497. The lowest BCUT2D eigenvalue weighted by Gasteiger charge is -2.40. The first-order valence-electron chi connectivity index (χ1n) is 10.4. The van der Waals surface area contributed by atoms with E-state index in [1.165, 1.54) is 32.8 Å². The number of methoxy groups -OCH3 is 1. The molecule has 1 saturated carbocycles. The van der Waals surface area contributed by atoms with Gasteiger partial charge >= 0.3 is 5.97 Å². The van der Waals surface area contributed by atoms with E-state index in [2.05, 4.69) is 15.2 Å². The monoisotopic (exact) mass is 407 g/mol. The van der Waals surface area contributed by atoms with Crippen LogP contribution in [0.1, 0.15) is 48.0 Å². The topological polar surface area (TPSA) is 74.7 Å². The normalized spacial score (nSPS) is 28.2. The number of carbonyl (C=O) groups excluding carboxylic acids is 1. The van der Waals surface area contributed by atoms with Crippen molar-refractivity contribution in [3.8, 4) is 0 Å². The van der Waals surface area contributed by atoms with Crippen molar-refractivity contribution in [2.24, 2.45) is 11.8 Å². The number of thiol groups is 1. The Bertz CT molecular complexity index is 672. The second kappa shape index (κ2) is 9.94. The SMILES string of the molecule is COC(=O)c1cc(C)cnc1N1CCC(NCC2CCCCC2S)C(CO)C1. The standard InChI is InChI=1S/C21H33N3O3S/c1-14-9-17(21(26)27-2)20(23-10-14)24-8-7-18(16(12-24)13-25)22-11-15-5-3-4-6-19(15)28/h9-10,15-16,18-19,22,25,28H,3-8,11-13H2,1-2H3. The van der Waals surface area contributed by atoms with E-state index in [9.17, 15) is 9.90 Å². The summed E-state index contributed by atoms with van der Waals surface area (Å²) in [5, 5.41) is 14.2. The number of aliphatic hydroxyl groups is 1. The van der Waals surface area contributed by atoms with Crippen LogP contribution in [0.15, 0.2) is 12.3 Å². The lowest BCUT2D eigenvalue weighted by Crippen LogP contribution is -2.52. The number of aromatic nitrogens is 1. The third-order valence-corrected chi connectivity index (χ3v) is 6.87. The molecule has 2 N–H and O–H groups in total. The van der Waals surface area contributed by atoms with Gasteiger partial charge in [0.2, 0.25) is 0 Å². The molecular formula is C21H33N3O3S. The second-order valence-corrected chi connectivity index (χ2v) is 8.84. The first kappa shape index (κ1) is 21.4. The molecule has 1 aliphatic carbocycles. The predicted molar refractivity (Wildman–Crippen MR) is 114 cm³/mol. The highest BCUT2D eigenvalue weighted by atomic mass is 32.1. The smallest absolute Gasteiger partial charge is 0.341 e. The molecule has 1 saturated heterocycles. The van der Waals surface area contributed by atoms with Crippen molar-refractivity contribution in [1.29, 1.82) is 0 Å². The van der Waals surface area contributed by atoms with Crippen LogP contribution < -0.4 is 10.2 Å². The molecule has 0 radical (unpaired) electrons. The molecule has 0 aromatic carbocycles. The number of hydrogen-bond acceptors (Lipinski definition) is 7. The van der Waals surface area contributed by atoms with Gasteiger partial charge in [0.1, 0.15) is 11.4 Å². The van der Waals surface area contributed by atoms with Gasteiger partial charge in [-0.3, -0.25) is 0 Å². The third-order valence-electron chi connectivity index (χ3n) is 6.19. The van der Waals surface area contributed by atoms with Crippen LogP contribution in [0, 0.1) is 18.8 Å². The number of aliphatic hydroxyl groups excluding tert-OH is 1. The number of anilines is 1. The number of nitrogens with zero attached hydrogens (tertiary/aromatic N) is 2. The minimum absolute atomic E-state index is 0.101. The minimum Gasteiger partial charge on any atom is -0.465 e. The van der Waals surface area contributed by atoms with Crippen molar-refractivity contribution in [3.05, 3.63) is 23.4 Å². The molecule has 1 aliphatic heterocycles. The van der Waals surface area contributed by atoms with E-state index in [0.29, 0.717) is 29.1 Å². The van der Waals surface area contributed by atoms with Crippen molar-refractivity contribution in [2.45, 2.75) is 50.3 Å². The molecule has 0 amide bonds. The number of aryl methyl sites for hydroxylation is 1. The fourth-order valence-corrected chi connectivity index (χ4v) is 4.92. The lowest BCUT2D eigenvalue weighted by molar-refractivity contribution is 0.0600. The van der Waals surface area contributed by atoms with Crippen LogP contribution in [0.3, 0.4) is 0 Å². The van der Waals surface area contributed by atoms with Gasteiger partial charge < -0.3 is 20.1 Å². The Balaban J connectivity index is 1.65. The Morgan fingerprint density at radius 1 is 1.36 bits per heavy atom. The molecular weight excluding hydrogens is 374 g/mol. The number of pyridine rings is 1. The number of ether oxygens (including phenoxy) is 1. The van der Waals surface area contributed by atoms with Crippen LogP contribution in [0.5, 0.6) is 0 Å². The van der Waals surface area contributed by atoms with Crippen LogP contribution in [0.4, 0.5) is 5.82 Å². The van der Waals surface area contributed by atoms with E-state index in [4.69, 9.17) is 17.4 Å². The molecule has 3 rings (SSSR count). The van der Waals surface area contributed by atoms with E-state index in [0.717, 1.165) is 25.1 Å². The summed E-state index contributed by atoms with van der Waals surface area (Å²) in [7, 11) is 1.39. The molecule has 156 valence electrons. The molecule has 4 atom stereocenters. The van der Waals surface area contributed by atoms with Crippen molar-refractivity contribution < 1.29 is 14.6 Å². The summed E-state index contributed by atoms with van der Waals surface area (Å²) in [4.78, 5) is 18.8. The maximum Gasteiger partial charge on any atom is 0.341 e. The third kappa shape index (κ3) is 4.99. The lowest BCUT2D eigenvalue weighted by atomic mass is 9.87. The van der Waals surface area contributed by atoms with Gasteiger partial charge in [0.15, 0.2) is 0 Å². The van der Waals surface area contributed by atoms with Crippen LogP contribution in [-0.4, -0.2) is 60.7 Å². The van der Waals surface area contributed by atoms with Crippen molar-refractivity contribution in [2.75, 3.05) is 38.3 Å². The van der Waals surface area contributed by atoms with Crippen LogP contribution in [-0.2, 0) is 4.74 Å². The van der Waals surface area contributed by atoms with Gasteiger partial charge in [-0.05, 0) is 50.3 Å². The zero-order valence-corrected chi connectivity index (χ0v) is 17.8. The molecule has 2 aliphatic rings. The Morgan fingerprint density at radius 2 is 2.14 bits per heavy atom. The fourth-order valence-electron chi connectivity index (χ4n) is 4.48. The number of hydrogen-bond donors (Lipinski definition) is 3. The van der Waals surface area contributed by atoms with Crippen molar-refractivity contribution in [1.82, 2.24) is 10.3 Å². The van der Waals surface area contributed by atoms with Gasteiger partial charge in [-0.15, -0.1) is 0 Å². The summed E-state index contributed by atoms with van der Waals surface area (Å²) in [6.07, 6.45) is 7.70. The average molecular weight is 408 g/mol. The van der Waals surface area contributed by atoms with Crippen molar-refractivity contribution >= 4 is 24.4 Å². The molecule has 0 spiro atoms. The summed E-state index contributed by atoms with van der Waals surface area (Å²) < 4.78 is 4.94. The first-order valence-corrected chi connectivity index (χ1v) is 10.9. The molecule has 0 bridgehead atoms.